The summed E-state index contributed by atoms with van der Waals surface area (Å²) in [7, 11) is 0. The molecular formula is C35H29ClN2O6S2. The van der Waals surface area contributed by atoms with Crippen LogP contribution >= 0.6 is 34.7 Å². The van der Waals surface area contributed by atoms with E-state index in [-0.39, 0.29) is 52.2 Å². The first-order chi connectivity index (χ1) is 22.3. The van der Waals surface area contributed by atoms with Gasteiger partial charge in [0, 0.05) is 26.6 Å². The number of anilines is 1. The Hall–Kier alpha value is -3.86. The van der Waals surface area contributed by atoms with E-state index in [2.05, 4.69) is 11.1 Å². The number of ether oxygens (including phenoxy) is 2. The zero-order valence-corrected chi connectivity index (χ0v) is 27.1. The maximum Gasteiger partial charge on any atom is 0.338 e. The Labute approximate surface area is 278 Å². The number of nitrogens with one attached hydrogen (secondary N) is 1. The fourth-order valence-electron chi connectivity index (χ4n) is 8.24. The van der Waals surface area contributed by atoms with Crippen LogP contribution in [0.4, 0.5) is 5.69 Å². The Bertz CT molecular complexity index is 1940. The average Bonchev–Trinajstić information content (AvgIpc) is 3.79. The fourth-order valence-corrected chi connectivity index (χ4v) is 11.3. The van der Waals surface area contributed by atoms with Crippen LogP contribution in [-0.4, -0.2) is 34.6 Å². The number of amides is 2. The molecule has 2 bridgehead atoms. The molecule has 234 valence electrons. The van der Waals surface area contributed by atoms with Crippen molar-refractivity contribution in [1.29, 1.82) is 0 Å². The number of thiazole rings is 1. The van der Waals surface area contributed by atoms with Crippen LogP contribution in [0.5, 0.6) is 5.75 Å². The first kappa shape index (κ1) is 29.5. The summed E-state index contributed by atoms with van der Waals surface area (Å²) in [5.41, 5.74) is 2.75. The van der Waals surface area contributed by atoms with Crippen molar-refractivity contribution < 1.29 is 23.9 Å². The van der Waals surface area contributed by atoms with Crippen molar-refractivity contribution in [3.63, 3.8) is 0 Å². The van der Waals surface area contributed by atoms with Gasteiger partial charge < -0.3 is 14.5 Å². The number of aromatic nitrogens is 1. The molecule has 46 heavy (non-hydrogen) atoms. The van der Waals surface area contributed by atoms with Gasteiger partial charge in [0.25, 0.3) is 0 Å². The number of carbonyl (C=O) groups excluding carboxylic acids is 3. The highest BCUT2D eigenvalue weighted by Crippen LogP contribution is 2.69. The van der Waals surface area contributed by atoms with Gasteiger partial charge >= 0.3 is 10.8 Å². The maximum absolute atomic E-state index is 14.1. The highest BCUT2D eigenvalue weighted by molar-refractivity contribution is 8.00. The molecule has 2 saturated carbocycles. The Morgan fingerprint density at radius 1 is 0.978 bits per heavy atom. The quantitative estimate of drug-likeness (QED) is 0.176. The number of H-pyrrole nitrogens is 1. The van der Waals surface area contributed by atoms with Gasteiger partial charge in [0.05, 0.1) is 34.7 Å². The molecule has 3 fully saturated rings. The minimum Gasteiger partial charge on any atom is -0.489 e. The fraction of sp³-hybridized carbons (Fsp3) is 0.314. The number of imide groups is 1. The molecule has 8 nitrogen and oxygen atoms in total. The smallest absolute Gasteiger partial charge is 0.338 e. The summed E-state index contributed by atoms with van der Waals surface area (Å²) < 4.78 is 11.5. The lowest BCUT2D eigenvalue weighted by Gasteiger charge is -2.43. The van der Waals surface area contributed by atoms with Crippen LogP contribution in [0.25, 0.3) is 0 Å². The molecule has 6 unspecified atom stereocenters. The standard InChI is InChI=1S/C35H29ClN2O6S2/c1-2-43-34(41)18-10-12-20(13-11-18)38-32(39)27-22-15-23(28(27)33(38)40)29-26(22)25(30-31(45-29)37-35(42)46-30)21-8-3-4-9-24(21)44-16-17-6-5-7-19(36)14-17/h3-14,22-23,25-29H,2,15-16H2,1H3,(H,37,42)/t22?,23?,25-,26?,27?,28?,29?/m1/s1. The second-order valence-electron chi connectivity index (χ2n) is 12.2. The first-order valence-electron chi connectivity index (χ1n) is 15.3. The number of rotatable bonds is 7. The van der Waals surface area contributed by atoms with Crippen LogP contribution in [0.15, 0.2) is 82.6 Å². The predicted octanol–water partition coefficient (Wildman–Crippen LogP) is 6.52. The Morgan fingerprint density at radius 3 is 2.50 bits per heavy atom. The highest BCUT2D eigenvalue weighted by Gasteiger charge is 2.69. The van der Waals surface area contributed by atoms with E-state index >= 15 is 0 Å². The second-order valence-corrected chi connectivity index (χ2v) is 14.8. The van der Waals surface area contributed by atoms with E-state index in [1.54, 1.807) is 43.0 Å². The molecule has 0 spiro atoms. The van der Waals surface area contributed by atoms with Gasteiger partial charge in [0.2, 0.25) is 11.8 Å². The van der Waals surface area contributed by atoms with Gasteiger partial charge in [-0.1, -0.05) is 53.3 Å². The largest absolute Gasteiger partial charge is 0.489 e. The van der Waals surface area contributed by atoms with Gasteiger partial charge in [0.15, 0.2) is 0 Å². The third kappa shape index (κ3) is 4.64. The van der Waals surface area contributed by atoms with Crippen molar-refractivity contribution >= 4 is 58.2 Å². The van der Waals surface area contributed by atoms with Crippen molar-refractivity contribution in [2.75, 3.05) is 11.5 Å². The van der Waals surface area contributed by atoms with E-state index < -0.39 is 17.8 Å². The molecule has 1 saturated heterocycles. The lowest BCUT2D eigenvalue weighted by atomic mass is 9.68. The lowest BCUT2D eigenvalue weighted by molar-refractivity contribution is -0.123. The normalized spacial score (nSPS) is 27.3. The van der Waals surface area contributed by atoms with E-state index in [0.717, 1.165) is 33.2 Å². The average molecular weight is 673 g/mol. The van der Waals surface area contributed by atoms with Gasteiger partial charge in [-0.25, -0.2) is 4.79 Å². The Morgan fingerprint density at radius 2 is 1.74 bits per heavy atom. The lowest BCUT2D eigenvalue weighted by Crippen LogP contribution is -2.42. The molecule has 4 aromatic rings. The number of carbonyl (C=O) groups is 3. The minimum absolute atomic E-state index is 0.0103. The molecule has 0 radical (unpaired) electrons. The summed E-state index contributed by atoms with van der Waals surface area (Å²) in [5, 5.41) is 1.54. The zero-order valence-electron chi connectivity index (χ0n) is 24.7. The molecular weight excluding hydrogens is 644 g/mol. The molecule has 2 aliphatic carbocycles. The van der Waals surface area contributed by atoms with Crippen LogP contribution in [0.1, 0.15) is 45.6 Å². The Balaban J connectivity index is 1.14. The van der Waals surface area contributed by atoms with Crippen LogP contribution in [0.3, 0.4) is 0 Å². The topological polar surface area (TPSA) is 106 Å². The third-order valence-electron chi connectivity index (χ3n) is 9.90. The van der Waals surface area contributed by atoms with E-state index in [1.165, 1.54) is 16.2 Å². The van der Waals surface area contributed by atoms with Gasteiger partial charge in [-0.2, -0.15) is 0 Å². The number of halogens is 1. The second kappa shape index (κ2) is 11.4. The van der Waals surface area contributed by atoms with Crippen molar-refractivity contribution in [3.8, 4) is 5.75 Å². The van der Waals surface area contributed by atoms with E-state index in [4.69, 9.17) is 21.1 Å². The highest BCUT2D eigenvalue weighted by atomic mass is 35.5. The predicted molar refractivity (Wildman–Crippen MR) is 176 cm³/mol. The van der Waals surface area contributed by atoms with Crippen LogP contribution in [-0.2, 0) is 20.9 Å². The number of esters is 1. The summed E-state index contributed by atoms with van der Waals surface area (Å²) >= 11 is 9.09. The van der Waals surface area contributed by atoms with Gasteiger partial charge in [-0.3, -0.25) is 19.3 Å². The number of hydrogen-bond acceptors (Lipinski definition) is 8. The number of para-hydroxylation sites is 1. The number of fused-ring (bicyclic) bond motifs is 9. The molecule has 2 amide bonds. The van der Waals surface area contributed by atoms with E-state index in [1.807, 2.05) is 42.5 Å². The molecule has 1 aromatic heterocycles. The number of nitrogens with zero attached hydrogens (tertiary/aromatic N) is 1. The molecule has 11 heteroatoms. The van der Waals surface area contributed by atoms with E-state index in [0.29, 0.717) is 22.9 Å². The van der Waals surface area contributed by atoms with Crippen molar-refractivity contribution in [1.82, 2.24) is 4.98 Å². The van der Waals surface area contributed by atoms with Gasteiger partial charge in [-0.05, 0) is 79.1 Å². The first-order valence-corrected chi connectivity index (χ1v) is 17.4. The van der Waals surface area contributed by atoms with Crippen molar-refractivity contribution in [3.05, 3.63) is 109 Å². The molecule has 3 aromatic carbocycles. The third-order valence-corrected chi connectivity index (χ3v) is 12.7. The monoisotopic (exact) mass is 672 g/mol. The van der Waals surface area contributed by atoms with Crippen molar-refractivity contribution in [2.45, 2.75) is 36.1 Å². The summed E-state index contributed by atoms with van der Waals surface area (Å²) in [4.78, 5) is 58.3. The van der Waals surface area contributed by atoms with Crippen molar-refractivity contribution in [2.24, 2.45) is 29.6 Å². The molecule has 8 rings (SSSR count). The van der Waals surface area contributed by atoms with Crippen LogP contribution in [0.2, 0.25) is 5.02 Å². The summed E-state index contributed by atoms with van der Waals surface area (Å²) in [5.74, 6) is -1.14. The molecule has 2 aliphatic heterocycles. The SMILES string of the molecule is CCOC(=O)c1ccc(N2C(=O)C3C4CC(C3C2=O)C2C4Sc3[nH]c(=O)sc3[C@@H]2c2ccccc2OCc2cccc(Cl)c2)cc1. The summed E-state index contributed by atoms with van der Waals surface area (Å²) in [6.45, 7) is 2.33. The molecule has 7 atom stereocenters. The molecule has 1 N–H and O–H groups in total. The summed E-state index contributed by atoms with van der Waals surface area (Å²) in [6.07, 6.45) is 0.784. The van der Waals surface area contributed by atoms with E-state index in [9.17, 15) is 19.2 Å². The minimum atomic E-state index is -0.447. The number of thioether (sulfide) groups is 1. The number of benzene rings is 3. The van der Waals surface area contributed by atoms with Gasteiger partial charge in [0.1, 0.15) is 12.4 Å². The summed E-state index contributed by atoms with van der Waals surface area (Å²) in [6, 6.07) is 22.0. The maximum atomic E-state index is 14.1. The van der Waals surface area contributed by atoms with Crippen LogP contribution < -0.4 is 14.5 Å². The molecule has 4 aliphatic rings. The van der Waals surface area contributed by atoms with Gasteiger partial charge in [-0.15, -0.1) is 11.8 Å². The Kier molecular flexibility index (Phi) is 7.34. The zero-order chi connectivity index (χ0) is 31.7. The number of aromatic amines is 1. The van der Waals surface area contributed by atoms with Crippen LogP contribution in [0, 0.1) is 29.6 Å². The number of hydrogen-bond donors (Lipinski definition) is 1. The molecule has 3 heterocycles.